The molecule has 1 heterocycles. The van der Waals surface area contributed by atoms with Crippen molar-refractivity contribution in [3.63, 3.8) is 0 Å². The lowest BCUT2D eigenvalue weighted by molar-refractivity contribution is -0.137. The third-order valence-electron chi connectivity index (χ3n) is 9.75. The molecule has 17 heteroatoms. The Morgan fingerprint density at radius 1 is 0.662 bits per heavy atom. The number of nitrogens with zero attached hydrogens (tertiary/aromatic N) is 1. The predicted octanol–water partition coefficient (Wildman–Crippen LogP) is 6.30. The van der Waals surface area contributed by atoms with E-state index in [0.29, 0.717) is 24.3 Å². The Morgan fingerprint density at radius 3 is 1.47 bits per heavy atom. The van der Waals surface area contributed by atoms with Gasteiger partial charge in [0.25, 0.3) is 0 Å². The molecule has 4 atom stereocenters. The number of Topliss-reactive ketones (excluding diaryl/α,β-unsaturated/α-hetero) is 2. The fraction of sp³-hybridized carbons (Fsp3) is 0.922. The molecule has 1 fully saturated rings. The number of methoxy groups -OCH3 is 1. The van der Waals surface area contributed by atoms with E-state index in [0.717, 1.165) is 111 Å². The molecule has 17 nitrogen and oxygen atoms in total. The number of unbranched alkanes of at least 4 members (excludes halogenated alkanes) is 14. The van der Waals surface area contributed by atoms with Gasteiger partial charge < -0.3 is 69.0 Å². The predicted molar refractivity (Wildman–Crippen MR) is 273 cm³/mol. The Kier molecular flexibility index (Phi) is 69.1. The van der Waals surface area contributed by atoms with Crippen LogP contribution in [0.1, 0.15) is 183 Å². The van der Waals surface area contributed by atoms with Crippen molar-refractivity contribution in [3.05, 3.63) is 0 Å². The average Bonchev–Trinajstić information content (AvgIpc) is 4.15. The lowest BCUT2D eigenvalue weighted by Crippen LogP contribution is -2.45. The number of hydrogen-bond donors (Lipinski definition) is 7. The van der Waals surface area contributed by atoms with Crippen LogP contribution in [0.15, 0.2) is 0 Å². The standard InChI is InChI=1S/C17H33NO3.C13H27NO2.C9H19NO5.C6H12O2.C5H12O.CH4O/c1-3-14-21-15-17(20)18-13-11-9-7-5-4-6-8-10-12-16(2)19;1-13(16)10-8-6-4-2-3-5-7-9-11-14-12-15;1-6(11)9(14)7(12)4-10(2)8(13)5-15-3;1-2-3-7-4-6-5-8-6;1-3-5-6-4-2;1-2/h3-15H2,1-2H3,(H,18,20);14-15H,2-12H2,1H3;6-7,9,11-12,14H,4-5H2,1-3H3;6H,2-5H2,1H3;3-5H2,1-2H3;2H,1H3. The van der Waals surface area contributed by atoms with E-state index in [-0.39, 0.29) is 38.3 Å². The highest BCUT2D eigenvalue weighted by atomic mass is 16.6. The number of aliphatic hydroxyl groups is 5. The molecule has 2 amide bonds. The van der Waals surface area contributed by atoms with Gasteiger partial charge in [0.2, 0.25) is 11.8 Å². The fourth-order valence-electron chi connectivity index (χ4n) is 5.77. The minimum Gasteiger partial charge on any atom is -0.400 e. The highest BCUT2D eigenvalue weighted by molar-refractivity contribution is 5.77. The summed E-state index contributed by atoms with van der Waals surface area (Å²) in [6, 6.07) is 0. The maximum absolute atomic E-state index is 11.3. The van der Waals surface area contributed by atoms with E-state index in [1.54, 1.807) is 13.8 Å². The summed E-state index contributed by atoms with van der Waals surface area (Å²) in [5.74, 6) is 0.316. The van der Waals surface area contributed by atoms with Gasteiger partial charge in [0, 0.05) is 73.6 Å². The number of epoxide rings is 1. The van der Waals surface area contributed by atoms with E-state index in [2.05, 4.69) is 29.2 Å². The molecule has 1 rings (SSSR count). The Balaban J connectivity index is -0.000000254. The first-order valence-electron chi connectivity index (χ1n) is 25.8. The zero-order valence-corrected chi connectivity index (χ0v) is 45.0. The summed E-state index contributed by atoms with van der Waals surface area (Å²) in [7, 11) is 3.88. The number of nitrogens with one attached hydrogen (secondary N) is 2. The van der Waals surface area contributed by atoms with Crippen LogP contribution in [0.2, 0.25) is 0 Å². The van der Waals surface area contributed by atoms with Crippen molar-refractivity contribution in [2.75, 3.05) is 100 Å². The van der Waals surface area contributed by atoms with Crippen LogP contribution in [0.4, 0.5) is 0 Å². The van der Waals surface area contributed by atoms with Crippen LogP contribution < -0.4 is 10.6 Å². The van der Waals surface area contributed by atoms with Gasteiger partial charge in [-0.25, -0.2) is 0 Å². The number of carbonyl (C=O) groups excluding carboxylic acids is 4. The van der Waals surface area contributed by atoms with Gasteiger partial charge in [0.1, 0.15) is 37.0 Å². The third-order valence-corrected chi connectivity index (χ3v) is 9.75. The van der Waals surface area contributed by atoms with Gasteiger partial charge >= 0.3 is 0 Å². The molecule has 410 valence electrons. The number of carbonyl (C=O) groups is 4. The molecule has 0 bridgehead atoms. The molecule has 4 unspecified atom stereocenters. The summed E-state index contributed by atoms with van der Waals surface area (Å²) >= 11 is 0. The number of ether oxygens (including phenoxy) is 5. The number of amides is 2. The van der Waals surface area contributed by atoms with E-state index < -0.39 is 18.3 Å². The van der Waals surface area contributed by atoms with Crippen LogP contribution in [0.5, 0.6) is 0 Å². The van der Waals surface area contributed by atoms with Crippen molar-refractivity contribution < 1.29 is 68.4 Å². The van der Waals surface area contributed by atoms with Crippen LogP contribution in [-0.2, 0) is 42.9 Å². The first kappa shape index (κ1) is 74.8. The second-order valence-corrected chi connectivity index (χ2v) is 16.9. The molecular formula is C51H107N3O14. The van der Waals surface area contributed by atoms with Gasteiger partial charge in [-0.2, -0.15) is 0 Å². The number of rotatable bonds is 40. The molecule has 1 saturated heterocycles. The van der Waals surface area contributed by atoms with Gasteiger partial charge in [-0.3, -0.25) is 14.9 Å². The van der Waals surface area contributed by atoms with Crippen LogP contribution >= 0.6 is 0 Å². The molecule has 0 aromatic rings. The van der Waals surface area contributed by atoms with Gasteiger partial charge in [0.15, 0.2) is 0 Å². The van der Waals surface area contributed by atoms with Crippen molar-refractivity contribution >= 4 is 23.4 Å². The number of hydrogen-bond acceptors (Lipinski definition) is 15. The largest absolute Gasteiger partial charge is 0.400 e. The molecule has 7 N–H and O–H groups in total. The van der Waals surface area contributed by atoms with Crippen LogP contribution in [0.3, 0.4) is 0 Å². The minimum atomic E-state index is -1.26. The molecule has 0 aromatic heterocycles. The SMILES string of the molecule is CC(=O)CCCCCCCCCCNCO.CCCOCC.CCCOCC(=O)NCCCCCCCCCCC(C)=O.CCCOCC1CO1.CO.COCC(=O)N(C)CC(O)C(O)C(C)O. The van der Waals surface area contributed by atoms with Crippen molar-refractivity contribution in [1.82, 2.24) is 15.5 Å². The van der Waals surface area contributed by atoms with E-state index in [4.69, 9.17) is 34.3 Å². The topological polar surface area (TPSA) is 246 Å². The molecule has 68 heavy (non-hydrogen) atoms. The van der Waals surface area contributed by atoms with Gasteiger partial charge in [-0.05, 0) is 79.2 Å². The van der Waals surface area contributed by atoms with Crippen molar-refractivity contribution in [1.29, 1.82) is 0 Å². The minimum absolute atomic E-state index is 0.00563. The summed E-state index contributed by atoms with van der Waals surface area (Å²) in [5.41, 5.74) is 0. The van der Waals surface area contributed by atoms with Crippen molar-refractivity contribution in [2.24, 2.45) is 0 Å². The summed E-state index contributed by atoms with van der Waals surface area (Å²) < 4.78 is 24.9. The summed E-state index contributed by atoms with van der Waals surface area (Å²) in [5, 5.41) is 49.0. The molecule has 0 aromatic carbocycles. The van der Waals surface area contributed by atoms with Crippen molar-refractivity contribution in [3.8, 4) is 0 Å². The highest BCUT2D eigenvalue weighted by Crippen LogP contribution is 2.11. The van der Waals surface area contributed by atoms with Crippen LogP contribution in [0.25, 0.3) is 0 Å². The molecule has 0 radical (unpaired) electrons. The Hall–Kier alpha value is -2.16. The lowest BCUT2D eigenvalue weighted by Gasteiger charge is -2.25. The number of ketones is 2. The van der Waals surface area contributed by atoms with E-state index in [1.807, 2.05) is 13.8 Å². The normalized spacial score (nSPS) is 13.4. The summed E-state index contributed by atoms with van der Waals surface area (Å²) in [6.45, 7) is 19.8. The summed E-state index contributed by atoms with van der Waals surface area (Å²) in [6.07, 6.45) is 20.9. The molecule has 0 saturated carbocycles. The first-order chi connectivity index (χ1) is 32.7. The average molecular weight is 986 g/mol. The van der Waals surface area contributed by atoms with Crippen molar-refractivity contribution in [2.45, 2.75) is 208 Å². The zero-order chi connectivity index (χ0) is 52.5. The van der Waals surface area contributed by atoms with Gasteiger partial charge in [0.05, 0.1) is 32.2 Å². The second-order valence-electron chi connectivity index (χ2n) is 16.9. The van der Waals surface area contributed by atoms with Gasteiger partial charge in [-0.15, -0.1) is 0 Å². The lowest BCUT2D eigenvalue weighted by atomic mass is 10.1. The fourth-order valence-corrected chi connectivity index (χ4v) is 5.77. The third kappa shape index (κ3) is 70.4. The maximum Gasteiger partial charge on any atom is 0.248 e. The second kappa shape index (κ2) is 62.9. The zero-order valence-electron chi connectivity index (χ0n) is 45.0. The first-order valence-corrected chi connectivity index (χ1v) is 25.8. The Morgan fingerprint density at radius 2 is 1.09 bits per heavy atom. The van der Waals surface area contributed by atoms with E-state index >= 15 is 0 Å². The molecule has 0 spiro atoms. The monoisotopic (exact) mass is 986 g/mol. The molecule has 1 aliphatic heterocycles. The highest BCUT2D eigenvalue weighted by Gasteiger charge is 2.24. The maximum atomic E-state index is 11.3. The van der Waals surface area contributed by atoms with Crippen LogP contribution in [-0.4, -0.2) is 179 Å². The molecule has 0 aliphatic carbocycles. The number of aliphatic hydroxyl groups excluding tert-OH is 5. The van der Waals surface area contributed by atoms with E-state index in [1.165, 1.54) is 103 Å². The quantitative estimate of drug-likeness (QED) is 0.0202. The van der Waals surface area contributed by atoms with Crippen LogP contribution in [0, 0.1) is 0 Å². The van der Waals surface area contributed by atoms with Gasteiger partial charge in [-0.1, -0.05) is 97.8 Å². The summed E-state index contributed by atoms with van der Waals surface area (Å²) in [4.78, 5) is 45.2. The Labute approximate surface area is 414 Å². The van der Waals surface area contributed by atoms with E-state index in [9.17, 15) is 29.4 Å². The number of likely N-dealkylation sites (N-methyl/N-ethyl adjacent to an activating group) is 1. The molecular weight excluding hydrogens is 879 g/mol. The smallest absolute Gasteiger partial charge is 0.248 e. The Bertz CT molecular complexity index is 1040. The molecule has 1 aliphatic rings.